The molecule has 126 valence electrons. The molecule has 5 nitrogen and oxygen atoms in total. The summed E-state index contributed by atoms with van der Waals surface area (Å²) in [6.45, 7) is 0. The first-order chi connectivity index (χ1) is 12.0. The predicted molar refractivity (Wildman–Crippen MR) is 95.3 cm³/mol. The lowest BCUT2D eigenvalue weighted by Gasteiger charge is -2.13. The molecule has 1 N–H and O–H groups in total. The van der Waals surface area contributed by atoms with Crippen LogP contribution in [0.3, 0.4) is 0 Å². The van der Waals surface area contributed by atoms with Crippen molar-refractivity contribution in [3.63, 3.8) is 0 Å². The minimum Gasteiger partial charge on any atom is -0.493 e. The van der Waals surface area contributed by atoms with Crippen molar-refractivity contribution in [1.29, 1.82) is 0 Å². The molecule has 3 rings (SSSR count). The van der Waals surface area contributed by atoms with E-state index in [-0.39, 0.29) is 10.8 Å². The zero-order valence-corrected chi connectivity index (χ0v) is 14.2. The van der Waals surface area contributed by atoms with Gasteiger partial charge in [0, 0.05) is 17.1 Å². The van der Waals surface area contributed by atoms with Gasteiger partial charge in [0.15, 0.2) is 11.5 Å². The van der Waals surface area contributed by atoms with Crippen LogP contribution >= 0.6 is 11.6 Å². The molecule has 0 saturated carbocycles. The van der Waals surface area contributed by atoms with E-state index in [2.05, 4.69) is 21.2 Å². The Morgan fingerprint density at radius 2 is 1.84 bits per heavy atom. The van der Waals surface area contributed by atoms with Gasteiger partial charge in [0.2, 0.25) is 5.28 Å². The van der Waals surface area contributed by atoms with Gasteiger partial charge in [-0.1, -0.05) is 5.92 Å². The van der Waals surface area contributed by atoms with E-state index in [0.717, 1.165) is 0 Å². The van der Waals surface area contributed by atoms with Crippen LogP contribution in [0.2, 0.25) is 5.28 Å². The largest absolute Gasteiger partial charge is 0.493 e. The highest BCUT2D eigenvalue weighted by molar-refractivity contribution is 6.28. The summed E-state index contributed by atoms with van der Waals surface area (Å²) in [6.07, 6.45) is 5.30. The van der Waals surface area contributed by atoms with Gasteiger partial charge in [-0.15, -0.1) is 6.42 Å². The van der Waals surface area contributed by atoms with E-state index in [0.29, 0.717) is 33.9 Å². The smallest absolute Gasteiger partial charge is 0.224 e. The Morgan fingerprint density at radius 3 is 2.52 bits per heavy atom. The molecule has 0 spiro atoms. The van der Waals surface area contributed by atoms with Crippen LogP contribution in [-0.2, 0) is 0 Å². The molecule has 0 aliphatic carbocycles. The maximum Gasteiger partial charge on any atom is 0.224 e. The average molecular weight is 358 g/mol. The summed E-state index contributed by atoms with van der Waals surface area (Å²) in [5, 5.41) is 3.80. The average Bonchev–Trinajstić information content (AvgIpc) is 2.62. The maximum atomic E-state index is 13.6. The van der Waals surface area contributed by atoms with E-state index >= 15 is 0 Å². The second-order valence-corrected chi connectivity index (χ2v) is 5.37. The highest BCUT2D eigenvalue weighted by Gasteiger charge is 2.13. The zero-order chi connectivity index (χ0) is 18.0. The van der Waals surface area contributed by atoms with Gasteiger partial charge >= 0.3 is 0 Å². The number of methoxy groups -OCH3 is 2. The zero-order valence-electron chi connectivity index (χ0n) is 13.4. The van der Waals surface area contributed by atoms with Crippen LogP contribution in [0.1, 0.15) is 5.56 Å². The lowest BCUT2D eigenvalue weighted by molar-refractivity contribution is 0.356. The number of benzene rings is 2. The summed E-state index contributed by atoms with van der Waals surface area (Å²) in [7, 11) is 3.07. The molecule has 0 amide bonds. The Morgan fingerprint density at radius 1 is 1.12 bits per heavy atom. The first-order valence-electron chi connectivity index (χ1n) is 7.18. The first-order valence-corrected chi connectivity index (χ1v) is 7.56. The monoisotopic (exact) mass is 357 g/mol. The lowest BCUT2D eigenvalue weighted by Crippen LogP contribution is -1.99. The Kier molecular flexibility index (Phi) is 4.59. The van der Waals surface area contributed by atoms with Crippen molar-refractivity contribution >= 4 is 34.0 Å². The molecule has 1 heterocycles. The van der Waals surface area contributed by atoms with Gasteiger partial charge in [0.25, 0.3) is 0 Å². The van der Waals surface area contributed by atoms with Gasteiger partial charge < -0.3 is 14.8 Å². The van der Waals surface area contributed by atoms with Crippen LogP contribution in [0.15, 0.2) is 30.3 Å². The van der Waals surface area contributed by atoms with E-state index in [1.807, 2.05) is 0 Å². The molecule has 0 aliphatic heterocycles. The minimum atomic E-state index is -0.468. The van der Waals surface area contributed by atoms with Crippen LogP contribution < -0.4 is 14.8 Å². The number of nitrogens with one attached hydrogen (secondary N) is 1. The normalized spacial score (nSPS) is 10.4. The molecular formula is C18H13ClFN3O2. The number of rotatable bonds is 4. The standard InChI is InChI=1S/C18H13ClFN3O2/c1-4-10-7-11(5-6-13(10)20)21-17-12-8-15(24-2)16(25-3)9-14(12)22-18(19)23-17/h1,5-9H,2-3H3,(H,21,22,23). The number of halogens is 2. The highest BCUT2D eigenvalue weighted by atomic mass is 35.5. The molecule has 0 saturated heterocycles. The third kappa shape index (κ3) is 3.28. The fourth-order valence-corrected chi connectivity index (χ4v) is 2.55. The van der Waals surface area contributed by atoms with Gasteiger partial charge in [-0.25, -0.2) is 9.37 Å². The number of fused-ring (bicyclic) bond motifs is 1. The van der Waals surface area contributed by atoms with Crippen molar-refractivity contribution in [2.45, 2.75) is 0 Å². The van der Waals surface area contributed by atoms with E-state index in [4.69, 9.17) is 27.5 Å². The molecule has 0 radical (unpaired) electrons. The molecule has 0 bridgehead atoms. The highest BCUT2D eigenvalue weighted by Crippen LogP contribution is 2.35. The first kappa shape index (κ1) is 16.8. The molecule has 7 heteroatoms. The van der Waals surface area contributed by atoms with Gasteiger partial charge in [-0.3, -0.25) is 0 Å². The van der Waals surface area contributed by atoms with Crippen molar-refractivity contribution in [2.75, 3.05) is 19.5 Å². The third-order valence-electron chi connectivity index (χ3n) is 3.56. The molecule has 25 heavy (non-hydrogen) atoms. The Bertz CT molecular complexity index is 1000. The van der Waals surface area contributed by atoms with E-state index < -0.39 is 5.82 Å². The van der Waals surface area contributed by atoms with Crippen molar-refractivity contribution in [3.05, 3.63) is 47.0 Å². The third-order valence-corrected chi connectivity index (χ3v) is 3.73. The van der Waals surface area contributed by atoms with Crippen molar-refractivity contribution in [2.24, 2.45) is 0 Å². The summed E-state index contributed by atoms with van der Waals surface area (Å²) in [4.78, 5) is 8.40. The molecule has 0 aliphatic rings. The summed E-state index contributed by atoms with van der Waals surface area (Å²) < 4.78 is 24.1. The van der Waals surface area contributed by atoms with E-state index in [1.165, 1.54) is 26.4 Å². The summed E-state index contributed by atoms with van der Waals surface area (Å²) in [5.74, 6) is 3.30. The summed E-state index contributed by atoms with van der Waals surface area (Å²) >= 11 is 6.02. The number of terminal acetylenes is 1. The number of hydrogen-bond acceptors (Lipinski definition) is 5. The Hall–Kier alpha value is -3.04. The second-order valence-electron chi connectivity index (χ2n) is 5.03. The molecular weight excluding hydrogens is 345 g/mol. The van der Waals surface area contributed by atoms with Crippen molar-refractivity contribution in [1.82, 2.24) is 9.97 Å². The number of hydrogen-bond donors (Lipinski definition) is 1. The SMILES string of the molecule is C#Cc1cc(Nc2nc(Cl)nc3cc(OC)c(OC)cc23)ccc1F. The minimum absolute atomic E-state index is 0.0569. The summed E-state index contributed by atoms with van der Waals surface area (Å²) in [6, 6.07) is 7.78. The molecule has 1 aromatic heterocycles. The van der Waals surface area contributed by atoms with Crippen molar-refractivity contribution < 1.29 is 13.9 Å². The molecule has 0 unspecified atom stereocenters. The molecule has 0 fully saturated rings. The molecule has 2 aromatic carbocycles. The van der Waals surface area contributed by atoms with E-state index in [9.17, 15) is 4.39 Å². The fraction of sp³-hybridized carbons (Fsp3) is 0.111. The predicted octanol–water partition coefficient (Wildman–Crippen LogP) is 4.16. The maximum absolute atomic E-state index is 13.6. The topological polar surface area (TPSA) is 56.3 Å². The summed E-state index contributed by atoms with van der Waals surface area (Å²) in [5.41, 5.74) is 1.29. The second kappa shape index (κ2) is 6.83. The number of aromatic nitrogens is 2. The van der Waals surface area contributed by atoms with Gasteiger partial charge in [-0.05, 0) is 35.9 Å². The van der Waals surface area contributed by atoms with E-state index in [1.54, 1.807) is 18.2 Å². The van der Waals surface area contributed by atoms with Crippen LogP contribution in [0.25, 0.3) is 10.9 Å². The number of ether oxygens (including phenoxy) is 2. The quantitative estimate of drug-likeness (QED) is 0.561. The van der Waals surface area contributed by atoms with Gasteiger partial charge in [0.05, 0.1) is 25.3 Å². The van der Waals surface area contributed by atoms with Crippen LogP contribution in [0.5, 0.6) is 11.5 Å². The fourth-order valence-electron chi connectivity index (χ4n) is 2.37. The van der Waals surface area contributed by atoms with Gasteiger partial charge in [-0.2, -0.15) is 4.98 Å². The number of anilines is 2. The Labute approximate surface area is 148 Å². The number of nitrogens with zero attached hydrogens (tertiary/aromatic N) is 2. The van der Waals surface area contributed by atoms with Gasteiger partial charge in [0.1, 0.15) is 11.6 Å². The molecule has 3 aromatic rings. The van der Waals surface area contributed by atoms with Crippen LogP contribution in [0.4, 0.5) is 15.9 Å². The Balaban J connectivity index is 2.14. The lowest BCUT2D eigenvalue weighted by atomic mass is 10.1. The molecule has 0 atom stereocenters. The van der Waals surface area contributed by atoms with Crippen LogP contribution in [-0.4, -0.2) is 24.2 Å². The van der Waals surface area contributed by atoms with Crippen molar-refractivity contribution in [3.8, 4) is 23.8 Å². The van der Waals surface area contributed by atoms with Crippen LogP contribution in [0, 0.1) is 18.2 Å².